The summed E-state index contributed by atoms with van der Waals surface area (Å²) >= 11 is 0. The van der Waals surface area contributed by atoms with Crippen LogP contribution in [0.3, 0.4) is 0 Å². The molecular formula is C22H27NO2. The Hall–Kier alpha value is -2.42. The van der Waals surface area contributed by atoms with E-state index >= 15 is 0 Å². The Morgan fingerprint density at radius 3 is 2.20 bits per heavy atom. The van der Waals surface area contributed by atoms with Gasteiger partial charge in [0.2, 0.25) is 0 Å². The number of carbonyl (C=O) groups is 1. The summed E-state index contributed by atoms with van der Waals surface area (Å²) in [6, 6.07) is 8.66. The van der Waals surface area contributed by atoms with E-state index in [0.717, 1.165) is 36.2 Å². The zero-order valence-corrected chi connectivity index (χ0v) is 15.8. The van der Waals surface area contributed by atoms with E-state index in [-0.39, 0.29) is 5.97 Å². The number of aromatic nitrogens is 1. The molecule has 25 heavy (non-hydrogen) atoms. The second kappa shape index (κ2) is 8.61. The second-order valence-electron chi connectivity index (χ2n) is 6.03. The number of ether oxygens (including phenoxy) is 1. The molecule has 132 valence electrons. The molecule has 0 aliphatic carbocycles. The lowest BCUT2D eigenvalue weighted by atomic mass is 9.92. The molecule has 0 atom stereocenters. The summed E-state index contributed by atoms with van der Waals surface area (Å²) in [5.74, 6) is -0.352. The number of benzene rings is 1. The molecule has 1 heterocycles. The van der Waals surface area contributed by atoms with Crippen molar-refractivity contribution >= 4 is 12.0 Å². The lowest BCUT2D eigenvalue weighted by molar-refractivity contribution is -0.134. The van der Waals surface area contributed by atoms with Crippen molar-refractivity contribution < 1.29 is 9.53 Å². The first kappa shape index (κ1) is 18.9. The van der Waals surface area contributed by atoms with Gasteiger partial charge < -0.3 is 4.74 Å². The van der Waals surface area contributed by atoms with Gasteiger partial charge in [0.1, 0.15) is 0 Å². The van der Waals surface area contributed by atoms with Crippen molar-refractivity contribution in [1.82, 2.24) is 4.98 Å². The summed E-state index contributed by atoms with van der Waals surface area (Å²) < 4.78 is 4.69. The van der Waals surface area contributed by atoms with Gasteiger partial charge in [0.05, 0.1) is 12.8 Å². The van der Waals surface area contributed by atoms with E-state index in [2.05, 4.69) is 45.0 Å². The fourth-order valence-electron chi connectivity index (χ4n) is 3.19. The van der Waals surface area contributed by atoms with Gasteiger partial charge in [0, 0.05) is 17.3 Å². The Morgan fingerprint density at radius 1 is 1.08 bits per heavy atom. The number of pyridine rings is 1. The first-order valence-electron chi connectivity index (χ1n) is 8.93. The second-order valence-corrected chi connectivity index (χ2v) is 6.03. The smallest absolute Gasteiger partial charge is 0.330 e. The molecule has 0 saturated carbocycles. The molecule has 0 N–H and O–H groups in total. The van der Waals surface area contributed by atoms with E-state index in [1.165, 1.54) is 35.4 Å². The van der Waals surface area contributed by atoms with E-state index in [1.807, 2.05) is 13.0 Å². The quantitative estimate of drug-likeness (QED) is 0.554. The number of hydrogen-bond acceptors (Lipinski definition) is 3. The van der Waals surface area contributed by atoms with Gasteiger partial charge in [-0.15, -0.1) is 0 Å². The molecule has 1 aromatic carbocycles. The van der Waals surface area contributed by atoms with Crippen LogP contribution < -0.4 is 0 Å². The fourth-order valence-corrected chi connectivity index (χ4v) is 3.19. The predicted octanol–water partition coefficient (Wildman–Crippen LogP) is 4.93. The highest BCUT2D eigenvalue weighted by atomic mass is 16.5. The lowest BCUT2D eigenvalue weighted by Gasteiger charge is -2.16. The van der Waals surface area contributed by atoms with Crippen LogP contribution in [0.2, 0.25) is 0 Å². The van der Waals surface area contributed by atoms with Crippen molar-refractivity contribution in [2.75, 3.05) is 7.11 Å². The maximum Gasteiger partial charge on any atom is 0.330 e. The van der Waals surface area contributed by atoms with Gasteiger partial charge in [-0.05, 0) is 60.6 Å². The average molecular weight is 337 g/mol. The zero-order valence-electron chi connectivity index (χ0n) is 15.8. The summed E-state index contributed by atoms with van der Waals surface area (Å²) in [5, 5.41) is 0. The molecule has 2 rings (SSSR count). The van der Waals surface area contributed by atoms with Crippen LogP contribution in [0.25, 0.3) is 17.3 Å². The van der Waals surface area contributed by atoms with Crippen LogP contribution in [-0.2, 0) is 28.8 Å². The molecule has 0 bridgehead atoms. The Labute approximate surface area is 150 Å². The van der Waals surface area contributed by atoms with E-state index < -0.39 is 0 Å². The first-order valence-corrected chi connectivity index (χ1v) is 8.93. The highest BCUT2D eigenvalue weighted by Gasteiger charge is 2.14. The first-order chi connectivity index (χ1) is 12.0. The van der Waals surface area contributed by atoms with Crippen LogP contribution >= 0.6 is 0 Å². The summed E-state index contributed by atoms with van der Waals surface area (Å²) in [6.07, 6.45) is 6.11. The molecule has 0 aliphatic heterocycles. The largest absolute Gasteiger partial charge is 0.466 e. The summed E-state index contributed by atoms with van der Waals surface area (Å²) in [4.78, 5) is 16.3. The summed E-state index contributed by atoms with van der Waals surface area (Å²) in [5.41, 5.74) is 8.06. The van der Waals surface area contributed by atoms with Crippen LogP contribution in [0.5, 0.6) is 0 Å². The number of hydrogen-bond donors (Lipinski definition) is 0. The molecule has 1 aromatic heterocycles. The maximum absolute atomic E-state index is 11.4. The van der Waals surface area contributed by atoms with Crippen molar-refractivity contribution in [3.05, 3.63) is 58.3 Å². The lowest BCUT2D eigenvalue weighted by Crippen LogP contribution is -2.02. The Kier molecular flexibility index (Phi) is 6.51. The minimum absolute atomic E-state index is 0.352. The van der Waals surface area contributed by atoms with Crippen molar-refractivity contribution in [2.24, 2.45) is 0 Å². The molecule has 2 aromatic rings. The van der Waals surface area contributed by atoms with Gasteiger partial charge in [0.15, 0.2) is 0 Å². The Balaban J connectivity index is 2.61. The van der Waals surface area contributed by atoms with Gasteiger partial charge >= 0.3 is 5.97 Å². The Morgan fingerprint density at radius 2 is 1.68 bits per heavy atom. The molecule has 0 fully saturated rings. The van der Waals surface area contributed by atoms with Gasteiger partial charge in [-0.3, -0.25) is 4.98 Å². The molecule has 0 amide bonds. The third-order valence-corrected chi connectivity index (χ3v) is 4.56. The standard InChI is InChI=1S/C22H27NO2/c1-6-16-10-9-11-17(7-2)22(16)20-14-18(8-3)19(15(4)23-20)12-13-21(24)25-5/h9-14H,6-8H2,1-5H3/b13-12+. The third kappa shape index (κ3) is 4.16. The third-order valence-electron chi connectivity index (χ3n) is 4.56. The van der Waals surface area contributed by atoms with Crippen LogP contribution in [0, 0.1) is 6.92 Å². The van der Waals surface area contributed by atoms with Crippen LogP contribution in [-0.4, -0.2) is 18.1 Å². The van der Waals surface area contributed by atoms with Crippen molar-refractivity contribution in [1.29, 1.82) is 0 Å². The SMILES string of the molecule is CCc1cc(-c2c(CC)cccc2CC)nc(C)c1/C=C/C(=O)OC. The molecule has 3 nitrogen and oxygen atoms in total. The molecule has 0 aliphatic rings. The van der Waals surface area contributed by atoms with Crippen LogP contribution in [0.15, 0.2) is 30.3 Å². The number of rotatable bonds is 6. The van der Waals surface area contributed by atoms with E-state index in [4.69, 9.17) is 9.72 Å². The molecule has 0 radical (unpaired) electrons. The van der Waals surface area contributed by atoms with Gasteiger partial charge in [-0.25, -0.2) is 4.79 Å². The number of aryl methyl sites for hydroxylation is 4. The predicted molar refractivity (Wildman–Crippen MR) is 104 cm³/mol. The van der Waals surface area contributed by atoms with E-state index in [9.17, 15) is 4.79 Å². The Bertz CT molecular complexity index is 769. The number of esters is 1. The highest BCUT2D eigenvalue weighted by molar-refractivity contribution is 5.87. The number of carbonyl (C=O) groups excluding carboxylic acids is 1. The minimum Gasteiger partial charge on any atom is -0.466 e. The topological polar surface area (TPSA) is 39.2 Å². The van der Waals surface area contributed by atoms with E-state index in [1.54, 1.807) is 0 Å². The number of nitrogens with zero attached hydrogens (tertiary/aromatic N) is 1. The molecule has 0 unspecified atom stereocenters. The molecule has 3 heteroatoms. The summed E-state index contributed by atoms with van der Waals surface area (Å²) in [6.45, 7) is 8.49. The highest BCUT2D eigenvalue weighted by Crippen LogP contribution is 2.30. The molecular weight excluding hydrogens is 310 g/mol. The van der Waals surface area contributed by atoms with Crippen LogP contribution in [0.1, 0.15) is 48.7 Å². The fraction of sp³-hybridized carbons (Fsp3) is 0.364. The van der Waals surface area contributed by atoms with Crippen molar-refractivity contribution in [3.8, 4) is 11.3 Å². The molecule has 0 spiro atoms. The van der Waals surface area contributed by atoms with Gasteiger partial charge in [-0.1, -0.05) is 39.0 Å². The zero-order chi connectivity index (χ0) is 18.4. The molecule has 0 saturated heterocycles. The van der Waals surface area contributed by atoms with Crippen molar-refractivity contribution in [3.63, 3.8) is 0 Å². The van der Waals surface area contributed by atoms with Crippen molar-refractivity contribution in [2.45, 2.75) is 47.0 Å². The maximum atomic E-state index is 11.4. The average Bonchev–Trinajstić information content (AvgIpc) is 2.65. The summed E-state index contributed by atoms with van der Waals surface area (Å²) in [7, 11) is 1.38. The van der Waals surface area contributed by atoms with Gasteiger partial charge in [0.25, 0.3) is 0 Å². The van der Waals surface area contributed by atoms with Crippen LogP contribution in [0.4, 0.5) is 0 Å². The minimum atomic E-state index is -0.352. The normalized spacial score (nSPS) is 11.1. The van der Waals surface area contributed by atoms with E-state index in [0.29, 0.717) is 0 Å². The number of methoxy groups -OCH3 is 1. The van der Waals surface area contributed by atoms with Gasteiger partial charge in [-0.2, -0.15) is 0 Å². The monoisotopic (exact) mass is 337 g/mol.